The lowest BCUT2D eigenvalue weighted by atomic mass is 9.95. The monoisotopic (exact) mass is 585 g/mol. The number of hydrogen-bond donors (Lipinski definition) is 4. The van der Waals surface area contributed by atoms with Gasteiger partial charge in [-0.25, -0.2) is 4.98 Å². The van der Waals surface area contributed by atoms with Crippen LogP contribution in [0, 0.1) is 13.8 Å². The summed E-state index contributed by atoms with van der Waals surface area (Å²) < 4.78 is 11.7. The Morgan fingerprint density at radius 2 is 1.84 bits per heavy atom. The molecule has 4 N–H and O–H groups in total. The van der Waals surface area contributed by atoms with Crippen LogP contribution in [0.25, 0.3) is 22.0 Å². The molecular formula is C33H39N5O5. The van der Waals surface area contributed by atoms with E-state index in [1.165, 1.54) is 0 Å². The van der Waals surface area contributed by atoms with E-state index in [1.54, 1.807) is 12.4 Å². The highest BCUT2D eigenvalue weighted by atomic mass is 16.5. The number of morpholine rings is 1. The van der Waals surface area contributed by atoms with Gasteiger partial charge in [0.15, 0.2) is 5.82 Å². The van der Waals surface area contributed by atoms with Crippen molar-refractivity contribution in [3.8, 4) is 16.9 Å². The summed E-state index contributed by atoms with van der Waals surface area (Å²) in [6.45, 7) is 9.25. The fourth-order valence-corrected chi connectivity index (χ4v) is 5.31. The van der Waals surface area contributed by atoms with Crippen molar-refractivity contribution in [3.63, 3.8) is 0 Å². The highest BCUT2D eigenvalue weighted by molar-refractivity contribution is 5.91. The minimum atomic E-state index is -1.10. The van der Waals surface area contributed by atoms with Crippen LogP contribution in [0.5, 0.6) is 5.75 Å². The number of benzene rings is 2. The second-order valence-corrected chi connectivity index (χ2v) is 10.7. The first kappa shape index (κ1) is 30.4. The number of aliphatic hydroxyl groups is 1. The van der Waals surface area contributed by atoms with Crippen molar-refractivity contribution in [1.29, 1.82) is 0 Å². The minimum Gasteiger partial charge on any atom is -0.493 e. The third kappa shape index (κ3) is 7.47. The Bertz CT molecular complexity index is 1560. The first-order valence-corrected chi connectivity index (χ1v) is 14.6. The Kier molecular flexibility index (Phi) is 10.2. The molecule has 0 bridgehead atoms. The first-order chi connectivity index (χ1) is 20.9. The molecule has 0 saturated carbocycles. The van der Waals surface area contributed by atoms with Crippen LogP contribution in [-0.4, -0.2) is 83.2 Å². The van der Waals surface area contributed by atoms with Crippen LogP contribution in [0.15, 0.2) is 60.9 Å². The van der Waals surface area contributed by atoms with Crippen molar-refractivity contribution in [2.75, 3.05) is 51.4 Å². The molecule has 0 radical (unpaired) electrons. The van der Waals surface area contributed by atoms with Crippen LogP contribution in [0.2, 0.25) is 0 Å². The summed E-state index contributed by atoms with van der Waals surface area (Å²) in [4.78, 5) is 22.8. The predicted molar refractivity (Wildman–Crippen MR) is 167 cm³/mol. The summed E-state index contributed by atoms with van der Waals surface area (Å²) in [5.41, 5.74) is 6.85. The lowest BCUT2D eigenvalue weighted by molar-refractivity contribution is -0.140. The molecule has 1 fully saturated rings. The third-order valence-electron chi connectivity index (χ3n) is 7.83. The van der Waals surface area contributed by atoms with Crippen LogP contribution in [0.4, 0.5) is 11.5 Å². The molecule has 1 aliphatic rings. The number of nitrogens with one attached hydrogen (secondary N) is 2. The lowest BCUT2D eigenvalue weighted by Crippen LogP contribution is -2.39. The van der Waals surface area contributed by atoms with Gasteiger partial charge < -0.3 is 25.0 Å². The van der Waals surface area contributed by atoms with E-state index in [0.29, 0.717) is 17.9 Å². The zero-order valence-electron chi connectivity index (χ0n) is 24.7. The molecule has 226 valence electrons. The molecule has 43 heavy (non-hydrogen) atoms. The average molecular weight is 586 g/mol. The van der Waals surface area contributed by atoms with Crippen molar-refractivity contribution in [1.82, 2.24) is 20.2 Å². The van der Waals surface area contributed by atoms with E-state index in [4.69, 9.17) is 14.6 Å². The molecule has 2 aromatic heterocycles. The number of aliphatic carboxylic acids is 1. The minimum absolute atomic E-state index is 0.267. The summed E-state index contributed by atoms with van der Waals surface area (Å²) in [5, 5.41) is 25.6. The maximum absolute atomic E-state index is 11.2. The number of fused-ring (bicyclic) bond motifs is 1. The fourth-order valence-electron chi connectivity index (χ4n) is 5.31. The topological polar surface area (TPSA) is 129 Å². The number of anilines is 2. The largest absolute Gasteiger partial charge is 0.493 e. The average Bonchev–Trinajstić information content (AvgIpc) is 3.02. The van der Waals surface area contributed by atoms with E-state index in [2.05, 4.69) is 51.5 Å². The summed E-state index contributed by atoms with van der Waals surface area (Å²) in [6, 6.07) is 15.2. The second kappa shape index (κ2) is 14.4. The van der Waals surface area contributed by atoms with Crippen LogP contribution >= 0.6 is 0 Å². The maximum atomic E-state index is 11.2. The number of carboxylic acids is 1. The summed E-state index contributed by atoms with van der Waals surface area (Å²) >= 11 is 0. The molecule has 0 spiro atoms. The van der Waals surface area contributed by atoms with Crippen LogP contribution < -0.4 is 15.4 Å². The molecule has 10 nitrogen and oxygen atoms in total. The van der Waals surface area contributed by atoms with Crippen LogP contribution in [0.3, 0.4) is 0 Å². The molecule has 0 amide bonds. The molecule has 1 atom stereocenters. The standard InChI is InChI=1S/C33H39N5O5/c1-22-26(27-7-4-9-30(23(27)2)43-15-5-12-38-13-16-42-17-14-38)6-3-8-28(22)37-32-31-25(10-11-34-32)18-24(20-36-31)19-35-29(21-39)33(40)41/h3-4,6-11,18,20,29,35,39H,5,12-17,19,21H2,1-2H3,(H,34,37)(H,40,41). The maximum Gasteiger partial charge on any atom is 0.323 e. The normalized spacial score (nSPS) is 14.5. The quantitative estimate of drug-likeness (QED) is 0.169. The van der Waals surface area contributed by atoms with Crippen molar-refractivity contribution in [3.05, 3.63) is 77.6 Å². The Morgan fingerprint density at radius 3 is 2.60 bits per heavy atom. The predicted octanol–water partition coefficient (Wildman–Crippen LogP) is 4.29. The van der Waals surface area contributed by atoms with Gasteiger partial charge in [0.05, 0.1) is 26.4 Å². The molecule has 1 unspecified atom stereocenters. The molecule has 1 aliphatic heterocycles. The summed E-state index contributed by atoms with van der Waals surface area (Å²) in [6.07, 6.45) is 4.38. The van der Waals surface area contributed by atoms with Gasteiger partial charge in [0, 0.05) is 49.6 Å². The number of pyridine rings is 2. The number of carboxylic acid groups (broad SMARTS) is 1. The van der Waals surface area contributed by atoms with E-state index in [-0.39, 0.29) is 6.54 Å². The second-order valence-electron chi connectivity index (χ2n) is 10.7. The van der Waals surface area contributed by atoms with Gasteiger partial charge in [-0.05, 0) is 72.4 Å². The van der Waals surface area contributed by atoms with Crippen molar-refractivity contribution in [2.45, 2.75) is 32.9 Å². The summed E-state index contributed by atoms with van der Waals surface area (Å²) in [5.74, 6) is 0.430. The lowest BCUT2D eigenvalue weighted by Gasteiger charge is -2.26. The van der Waals surface area contributed by atoms with Gasteiger partial charge in [-0.2, -0.15) is 0 Å². The van der Waals surface area contributed by atoms with Crippen molar-refractivity contribution < 1.29 is 24.5 Å². The van der Waals surface area contributed by atoms with E-state index >= 15 is 0 Å². The summed E-state index contributed by atoms with van der Waals surface area (Å²) in [7, 11) is 0. The zero-order chi connectivity index (χ0) is 30.2. The van der Waals surface area contributed by atoms with Gasteiger partial charge in [-0.3, -0.25) is 20.0 Å². The molecule has 10 heteroatoms. The highest BCUT2D eigenvalue weighted by Gasteiger charge is 2.16. The third-order valence-corrected chi connectivity index (χ3v) is 7.83. The van der Waals surface area contributed by atoms with Gasteiger partial charge in [0.1, 0.15) is 17.3 Å². The zero-order valence-corrected chi connectivity index (χ0v) is 24.7. The highest BCUT2D eigenvalue weighted by Crippen LogP contribution is 2.36. The number of ether oxygens (including phenoxy) is 2. The van der Waals surface area contributed by atoms with Gasteiger partial charge in [0.25, 0.3) is 0 Å². The Labute approximate surface area is 251 Å². The molecule has 5 rings (SSSR count). The number of aromatic nitrogens is 2. The Morgan fingerprint density at radius 1 is 1.07 bits per heavy atom. The van der Waals surface area contributed by atoms with E-state index in [0.717, 1.165) is 83.9 Å². The number of nitrogens with zero attached hydrogens (tertiary/aromatic N) is 3. The fraction of sp³-hybridized carbons (Fsp3) is 0.364. The van der Waals surface area contributed by atoms with E-state index < -0.39 is 18.6 Å². The van der Waals surface area contributed by atoms with Crippen LogP contribution in [0.1, 0.15) is 23.1 Å². The molecule has 3 heterocycles. The van der Waals surface area contributed by atoms with Crippen molar-refractivity contribution >= 4 is 28.4 Å². The molecule has 2 aromatic carbocycles. The van der Waals surface area contributed by atoms with E-state index in [9.17, 15) is 9.90 Å². The van der Waals surface area contributed by atoms with Crippen molar-refractivity contribution in [2.24, 2.45) is 0 Å². The smallest absolute Gasteiger partial charge is 0.323 e. The van der Waals surface area contributed by atoms with Gasteiger partial charge in [-0.15, -0.1) is 0 Å². The van der Waals surface area contributed by atoms with Gasteiger partial charge in [-0.1, -0.05) is 24.3 Å². The number of aliphatic hydroxyl groups excluding tert-OH is 1. The number of carbonyl (C=O) groups is 1. The Balaban J connectivity index is 1.30. The molecular weight excluding hydrogens is 546 g/mol. The molecule has 0 aliphatic carbocycles. The number of hydrogen-bond acceptors (Lipinski definition) is 9. The van der Waals surface area contributed by atoms with E-state index in [1.807, 2.05) is 36.4 Å². The SMILES string of the molecule is Cc1c(Nc2nccc3cc(CNC(CO)C(=O)O)cnc23)cccc1-c1cccc(OCCCN2CCOCC2)c1C. The first-order valence-electron chi connectivity index (χ1n) is 14.6. The van der Waals surface area contributed by atoms with Gasteiger partial charge >= 0.3 is 5.97 Å². The molecule has 4 aromatic rings. The van der Waals surface area contributed by atoms with Gasteiger partial charge in [0.2, 0.25) is 0 Å². The number of rotatable bonds is 13. The van der Waals surface area contributed by atoms with Crippen LogP contribution in [-0.2, 0) is 16.1 Å². The molecule has 1 saturated heterocycles. The Hall–Kier alpha value is -4.09.